The molecule has 0 bridgehead atoms. The van der Waals surface area contributed by atoms with Crippen LogP contribution in [0.3, 0.4) is 0 Å². The number of carbonyl (C=O) groups excluding carboxylic acids is 1. The van der Waals surface area contributed by atoms with Crippen LogP contribution in [0.25, 0.3) is 0 Å². The zero-order valence-electron chi connectivity index (χ0n) is 12.4. The van der Waals surface area contributed by atoms with E-state index >= 15 is 0 Å². The second-order valence-electron chi connectivity index (χ2n) is 5.62. The van der Waals surface area contributed by atoms with E-state index in [1.807, 2.05) is 30.1 Å². The molecule has 2 aliphatic rings. The van der Waals surface area contributed by atoms with Gasteiger partial charge < -0.3 is 19.7 Å². The minimum absolute atomic E-state index is 0.0558. The molecule has 1 fully saturated rings. The largest absolute Gasteiger partial charge is 0.486 e. The Bertz CT molecular complexity index is 510. The summed E-state index contributed by atoms with van der Waals surface area (Å²) in [5.41, 5.74) is 0.624. The van der Waals surface area contributed by atoms with Crippen molar-refractivity contribution in [3.8, 4) is 11.5 Å². The van der Waals surface area contributed by atoms with Gasteiger partial charge in [-0.3, -0.25) is 4.79 Å². The Balaban J connectivity index is 1.72. The Morgan fingerprint density at radius 1 is 1.29 bits per heavy atom. The van der Waals surface area contributed by atoms with Crippen LogP contribution in [0.5, 0.6) is 11.5 Å². The van der Waals surface area contributed by atoms with Crippen molar-refractivity contribution in [2.45, 2.75) is 12.8 Å². The molecule has 0 spiro atoms. The van der Waals surface area contributed by atoms with Crippen LogP contribution in [-0.2, 0) is 0 Å². The van der Waals surface area contributed by atoms with Gasteiger partial charge in [0.1, 0.15) is 13.2 Å². The lowest BCUT2D eigenvalue weighted by molar-refractivity contribution is 0.0681. The van der Waals surface area contributed by atoms with Crippen molar-refractivity contribution in [2.24, 2.45) is 5.92 Å². The number of benzene rings is 1. The number of nitrogens with one attached hydrogen (secondary N) is 1. The minimum atomic E-state index is 0.0558. The highest BCUT2D eigenvalue weighted by Crippen LogP contribution is 2.34. The summed E-state index contributed by atoms with van der Waals surface area (Å²) in [6.45, 7) is 3.70. The van der Waals surface area contributed by atoms with Crippen LogP contribution in [0.15, 0.2) is 18.2 Å². The number of fused-ring (bicyclic) bond motifs is 1. The van der Waals surface area contributed by atoms with E-state index in [2.05, 4.69) is 5.32 Å². The van der Waals surface area contributed by atoms with Gasteiger partial charge in [0.15, 0.2) is 11.5 Å². The van der Waals surface area contributed by atoms with E-state index in [1.54, 1.807) is 0 Å². The van der Waals surface area contributed by atoms with Crippen LogP contribution in [0.2, 0.25) is 0 Å². The van der Waals surface area contributed by atoms with Crippen LogP contribution in [-0.4, -0.2) is 50.7 Å². The predicted octanol–water partition coefficient (Wildman–Crippen LogP) is 1.53. The summed E-state index contributed by atoms with van der Waals surface area (Å²) in [5, 5.41) is 3.21. The number of likely N-dealkylation sites (tertiary alicyclic amines) is 1. The fraction of sp³-hybridized carbons (Fsp3) is 0.562. The van der Waals surface area contributed by atoms with Crippen molar-refractivity contribution >= 4 is 5.91 Å². The van der Waals surface area contributed by atoms with Gasteiger partial charge >= 0.3 is 0 Å². The first-order valence-corrected chi connectivity index (χ1v) is 7.62. The highest BCUT2D eigenvalue weighted by atomic mass is 16.6. The van der Waals surface area contributed by atoms with Crippen LogP contribution in [0.1, 0.15) is 23.2 Å². The van der Waals surface area contributed by atoms with E-state index in [0.29, 0.717) is 36.2 Å². The Hall–Kier alpha value is -1.75. The maximum Gasteiger partial charge on any atom is 0.257 e. The van der Waals surface area contributed by atoms with Gasteiger partial charge in [-0.25, -0.2) is 0 Å². The van der Waals surface area contributed by atoms with E-state index in [4.69, 9.17) is 9.47 Å². The first kappa shape index (κ1) is 14.2. The summed E-state index contributed by atoms with van der Waals surface area (Å²) in [6.07, 6.45) is 2.11. The Kier molecular flexibility index (Phi) is 4.29. The SMILES string of the molecule is CNCC1CCN(C(=O)c2cccc3c2OCCO3)CC1. The molecule has 0 radical (unpaired) electrons. The van der Waals surface area contributed by atoms with Crippen molar-refractivity contribution in [1.29, 1.82) is 0 Å². The normalized spacial score (nSPS) is 18.6. The van der Waals surface area contributed by atoms with E-state index in [9.17, 15) is 4.79 Å². The maximum absolute atomic E-state index is 12.7. The molecule has 0 unspecified atom stereocenters. The molecular weight excluding hydrogens is 268 g/mol. The van der Waals surface area contributed by atoms with E-state index in [-0.39, 0.29) is 5.91 Å². The molecule has 0 atom stereocenters. The average molecular weight is 290 g/mol. The number of hydrogen-bond acceptors (Lipinski definition) is 4. The monoisotopic (exact) mass is 290 g/mol. The molecular formula is C16H22N2O3. The minimum Gasteiger partial charge on any atom is -0.486 e. The van der Waals surface area contributed by atoms with Gasteiger partial charge in [0.05, 0.1) is 5.56 Å². The Morgan fingerprint density at radius 3 is 2.81 bits per heavy atom. The van der Waals surface area contributed by atoms with Crippen LogP contribution >= 0.6 is 0 Å². The molecule has 1 saturated heterocycles. The summed E-state index contributed by atoms with van der Waals surface area (Å²) >= 11 is 0. The number of carbonyl (C=O) groups is 1. The molecule has 2 aliphatic heterocycles. The van der Waals surface area contributed by atoms with Crippen molar-refractivity contribution in [3.05, 3.63) is 23.8 Å². The fourth-order valence-corrected chi connectivity index (χ4v) is 3.04. The number of hydrogen-bond donors (Lipinski definition) is 1. The molecule has 1 N–H and O–H groups in total. The number of para-hydroxylation sites is 1. The highest BCUT2D eigenvalue weighted by molar-refractivity contribution is 5.98. The number of ether oxygens (including phenoxy) is 2. The van der Waals surface area contributed by atoms with E-state index in [0.717, 1.165) is 32.5 Å². The molecule has 1 aromatic rings. The fourth-order valence-electron chi connectivity index (χ4n) is 3.04. The second-order valence-corrected chi connectivity index (χ2v) is 5.62. The molecule has 0 aromatic heterocycles. The third-order valence-corrected chi connectivity index (χ3v) is 4.19. The molecule has 2 heterocycles. The predicted molar refractivity (Wildman–Crippen MR) is 80.0 cm³/mol. The standard InChI is InChI=1S/C16H22N2O3/c1-17-11-12-5-7-18(8-6-12)16(19)13-3-2-4-14-15(13)21-10-9-20-14/h2-4,12,17H,5-11H2,1H3. The quantitative estimate of drug-likeness (QED) is 0.917. The summed E-state index contributed by atoms with van der Waals surface area (Å²) in [5.74, 6) is 2.01. The zero-order chi connectivity index (χ0) is 14.7. The summed E-state index contributed by atoms with van der Waals surface area (Å²) in [4.78, 5) is 14.6. The molecule has 3 rings (SSSR count). The molecule has 5 heteroatoms. The first-order valence-electron chi connectivity index (χ1n) is 7.62. The van der Waals surface area contributed by atoms with Gasteiger partial charge in [-0.15, -0.1) is 0 Å². The summed E-state index contributed by atoms with van der Waals surface area (Å²) in [7, 11) is 1.98. The number of amides is 1. The molecule has 114 valence electrons. The van der Waals surface area contributed by atoms with E-state index in [1.165, 1.54) is 0 Å². The zero-order valence-corrected chi connectivity index (χ0v) is 12.4. The molecule has 1 aromatic carbocycles. The number of rotatable bonds is 3. The van der Waals surface area contributed by atoms with Gasteiger partial charge in [-0.05, 0) is 44.5 Å². The van der Waals surface area contributed by atoms with Gasteiger partial charge in [0, 0.05) is 13.1 Å². The first-order chi connectivity index (χ1) is 10.3. The third-order valence-electron chi connectivity index (χ3n) is 4.19. The second kappa shape index (κ2) is 6.35. The Labute approximate surface area is 125 Å². The van der Waals surface area contributed by atoms with E-state index < -0.39 is 0 Å². The number of piperidine rings is 1. The highest BCUT2D eigenvalue weighted by Gasteiger charge is 2.27. The third kappa shape index (κ3) is 2.97. The van der Waals surface area contributed by atoms with Crippen LogP contribution in [0.4, 0.5) is 0 Å². The molecule has 0 saturated carbocycles. The lowest BCUT2D eigenvalue weighted by Gasteiger charge is -2.32. The summed E-state index contributed by atoms with van der Waals surface area (Å²) < 4.78 is 11.2. The van der Waals surface area contributed by atoms with Crippen molar-refractivity contribution in [2.75, 3.05) is 39.9 Å². The van der Waals surface area contributed by atoms with Gasteiger partial charge in [-0.2, -0.15) is 0 Å². The van der Waals surface area contributed by atoms with Crippen molar-refractivity contribution in [1.82, 2.24) is 10.2 Å². The van der Waals surface area contributed by atoms with Crippen molar-refractivity contribution < 1.29 is 14.3 Å². The Morgan fingerprint density at radius 2 is 2.05 bits per heavy atom. The van der Waals surface area contributed by atoms with Crippen LogP contribution in [0, 0.1) is 5.92 Å². The average Bonchev–Trinajstić information content (AvgIpc) is 2.55. The smallest absolute Gasteiger partial charge is 0.257 e. The van der Waals surface area contributed by atoms with Crippen molar-refractivity contribution in [3.63, 3.8) is 0 Å². The molecule has 21 heavy (non-hydrogen) atoms. The van der Waals surface area contributed by atoms with Gasteiger partial charge in [0.25, 0.3) is 5.91 Å². The van der Waals surface area contributed by atoms with Gasteiger partial charge in [-0.1, -0.05) is 6.07 Å². The number of nitrogens with zero attached hydrogens (tertiary/aromatic N) is 1. The lowest BCUT2D eigenvalue weighted by atomic mass is 9.96. The van der Waals surface area contributed by atoms with Crippen LogP contribution < -0.4 is 14.8 Å². The summed E-state index contributed by atoms with van der Waals surface area (Å²) in [6, 6.07) is 5.54. The lowest BCUT2D eigenvalue weighted by Crippen LogP contribution is -2.40. The topological polar surface area (TPSA) is 50.8 Å². The molecule has 0 aliphatic carbocycles. The molecule has 1 amide bonds. The van der Waals surface area contributed by atoms with Gasteiger partial charge in [0.2, 0.25) is 0 Å². The maximum atomic E-state index is 12.7. The molecule has 5 nitrogen and oxygen atoms in total.